The molecule has 0 atom stereocenters. The Balaban J connectivity index is 1.82. The van der Waals surface area contributed by atoms with Crippen molar-refractivity contribution in [1.29, 1.82) is 0 Å². The van der Waals surface area contributed by atoms with Gasteiger partial charge in [0.1, 0.15) is 0 Å². The number of hydrogen-bond acceptors (Lipinski definition) is 3. The van der Waals surface area contributed by atoms with E-state index in [0.29, 0.717) is 18.6 Å². The minimum absolute atomic E-state index is 0.112. The van der Waals surface area contributed by atoms with Gasteiger partial charge in [-0.15, -0.1) is 0 Å². The molecule has 20 heavy (non-hydrogen) atoms. The van der Waals surface area contributed by atoms with Crippen molar-refractivity contribution >= 4 is 11.6 Å². The maximum atomic E-state index is 11.8. The van der Waals surface area contributed by atoms with Gasteiger partial charge in [-0.3, -0.25) is 4.79 Å². The third kappa shape index (κ3) is 4.85. The van der Waals surface area contributed by atoms with Crippen LogP contribution in [0.5, 0.6) is 0 Å². The molecule has 0 aromatic heterocycles. The summed E-state index contributed by atoms with van der Waals surface area (Å²) in [5.74, 6) is 0.112. The van der Waals surface area contributed by atoms with E-state index in [0.717, 1.165) is 25.1 Å². The molecule has 0 heterocycles. The van der Waals surface area contributed by atoms with Crippen molar-refractivity contribution < 1.29 is 4.79 Å². The predicted molar refractivity (Wildman–Crippen MR) is 82.9 cm³/mol. The SMILES string of the molecule is CC(C)NCc1ccc(N(C)CC(=O)NC2CC2)cc1. The van der Waals surface area contributed by atoms with Crippen LogP contribution in [0.15, 0.2) is 24.3 Å². The van der Waals surface area contributed by atoms with E-state index in [1.54, 1.807) is 0 Å². The summed E-state index contributed by atoms with van der Waals surface area (Å²) in [5, 5.41) is 6.40. The first-order valence-corrected chi connectivity index (χ1v) is 7.37. The van der Waals surface area contributed by atoms with Gasteiger partial charge in [-0.05, 0) is 30.5 Å². The third-order valence-electron chi connectivity index (χ3n) is 3.41. The van der Waals surface area contributed by atoms with E-state index >= 15 is 0 Å². The highest BCUT2D eigenvalue weighted by Crippen LogP contribution is 2.19. The number of likely N-dealkylation sites (N-methyl/N-ethyl adjacent to an activating group) is 1. The highest BCUT2D eigenvalue weighted by Gasteiger charge is 2.23. The van der Waals surface area contributed by atoms with Crippen molar-refractivity contribution in [2.45, 2.75) is 45.3 Å². The Morgan fingerprint density at radius 2 is 1.95 bits per heavy atom. The first-order chi connectivity index (χ1) is 9.54. The van der Waals surface area contributed by atoms with E-state index in [-0.39, 0.29) is 5.91 Å². The van der Waals surface area contributed by atoms with E-state index in [9.17, 15) is 4.79 Å². The molecule has 0 aliphatic heterocycles. The van der Waals surface area contributed by atoms with Crippen LogP contribution in [-0.2, 0) is 11.3 Å². The van der Waals surface area contributed by atoms with Crippen molar-refractivity contribution in [3.63, 3.8) is 0 Å². The van der Waals surface area contributed by atoms with Crippen molar-refractivity contribution in [3.05, 3.63) is 29.8 Å². The monoisotopic (exact) mass is 275 g/mol. The Morgan fingerprint density at radius 1 is 1.30 bits per heavy atom. The normalized spacial score (nSPS) is 14.4. The molecule has 1 saturated carbocycles. The number of carbonyl (C=O) groups is 1. The van der Waals surface area contributed by atoms with E-state index in [1.165, 1.54) is 5.56 Å². The van der Waals surface area contributed by atoms with Crippen molar-refractivity contribution in [1.82, 2.24) is 10.6 Å². The summed E-state index contributed by atoms with van der Waals surface area (Å²) in [5.41, 5.74) is 2.34. The van der Waals surface area contributed by atoms with E-state index in [2.05, 4.69) is 48.7 Å². The standard InChI is InChI=1S/C16H25N3O/c1-12(2)17-10-13-4-8-15(9-5-13)19(3)11-16(20)18-14-6-7-14/h4-5,8-9,12,14,17H,6-7,10-11H2,1-3H3,(H,18,20). The van der Waals surface area contributed by atoms with Crippen LogP contribution in [0.25, 0.3) is 0 Å². The Hall–Kier alpha value is -1.55. The minimum Gasteiger partial charge on any atom is -0.365 e. The number of nitrogens with zero attached hydrogens (tertiary/aromatic N) is 1. The van der Waals surface area contributed by atoms with E-state index in [1.807, 2.05) is 11.9 Å². The molecule has 0 radical (unpaired) electrons. The molecule has 4 heteroatoms. The fraction of sp³-hybridized carbons (Fsp3) is 0.562. The molecule has 2 N–H and O–H groups in total. The maximum Gasteiger partial charge on any atom is 0.239 e. The second-order valence-electron chi connectivity index (χ2n) is 5.90. The topological polar surface area (TPSA) is 44.4 Å². The van der Waals surface area contributed by atoms with Crippen LogP contribution < -0.4 is 15.5 Å². The average molecular weight is 275 g/mol. The highest BCUT2D eigenvalue weighted by molar-refractivity contribution is 5.81. The Morgan fingerprint density at radius 3 is 2.50 bits per heavy atom. The van der Waals surface area contributed by atoms with Gasteiger partial charge in [-0.25, -0.2) is 0 Å². The molecule has 1 aliphatic carbocycles. The summed E-state index contributed by atoms with van der Waals surface area (Å²) in [6, 6.07) is 9.28. The number of rotatable bonds is 7. The first kappa shape index (κ1) is 14.9. The zero-order valence-electron chi connectivity index (χ0n) is 12.6. The van der Waals surface area contributed by atoms with E-state index < -0.39 is 0 Å². The zero-order chi connectivity index (χ0) is 14.5. The Kier molecular flexibility index (Phi) is 5.01. The minimum atomic E-state index is 0.112. The van der Waals surface area contributed by atoms with Gasteiger partial charge in [0.25, 0.3) is 0 Å². The van der Waals surface area contributed by atoms with Gasteiger partial charge < -0.3 is 15.5 Å². The number of hydrogen-bond donors (Lipinski definition) is 2. The molecule has 1 amide bonds. The van der Waals surface area contributed by atoms with Gasteiger partial charge in [-0.2, -0.15) is 0 Å². The second kappa shape index (κ2) is 6.75. The van der Waals surface area contributed by atoms with Gasteiger partial charge in [-0.1, -0.05) is 26.0 Å². The molecule has 0 bridgehead atoms. The number of amides is 1. The summed E-state index contributed by atoms with van der Waals surface area (Å²) in [4.78, 5) is 13.7. The van der Waals surface area contributed by atoms with Crippen LogP contribution in [-0.4, -0.2) is 31.6 Å². The molecule has 0 saturated heterocycles. The van der Waals surface area contributed by atoms with Crippen molar-refractivity contribution in [2.75, 3.05) is 18.5 Å². The first-order valence-electron chi connectivity index (χ1n) is 7.37. The number of carbonyl (C=O) groups excluding carboxylic acids is 1. The Labute approximate surface area is 121 Å². The molecular weight excluding hydrogens is 250 g/mol. The predicted octanol–water partition coefficient (Wildman–Crippen LogP) is 1.90. The fourth-order valence-electron chi connectivity index (χ4n) is 2.00. The van der Waals surface area contributed by atoms with Crippen LogP contribution >= 0.6 is 0 Å². The molecule has 1 fully saturated rings. The second-order valence-corrected chi connectivity index (χ2v) is 5.90. The lowest BCUT2D eigenvalue weighted by atomic mass is 10.2. The molecular formula is C16H25N3O. The molecule has 0 unspecified atom stereocenters. The lowest BCUT2D eigenvalue weighted by Gasteiger charge is -2.19. The quantitative estimate of drug-likeness (QED) is 0.799. The fourth-order valence-corrected chi connectivity index (χ4v) is 2.00. The van der Waals surface area contributed by atoms with Crippen LogP contribution in [0.1, 0.15) is 32.3 Å². The molecule has 0 spiro atoms. The molecule has 1 aromatic rings. The summed E-state index contributed by atoms with van der Waals surface area (Å²) in [6.45, 7) is 5.57. The zero-order valence-corrected chi connectivity index (χ0v) is 12.6. The van der Waals surface area contributed by atoms with Gasteiger partial charge in [0.15, 0.2) is 0 Å². The summed E-state index contributed by atoms with van der Waals surface area (Å²) >= 11 is 0. The van der Waals surface area contributed by atoms with E-state index in [4.69, 9.17) is 0 Å². The van der Waals surface area contributed by atoms with Crippen molar-refractivity contribution in [2.24, 2.45) is 0 Å². The lowest BCUT2D eigenvalue weighted by Crippen LogP contribution is -2.36. The maximum absolute atomic E-state index is 11.8. The molecule has 4 nitrogen and oxygen atoms in total. The number of anilines is 1. The van der Waals surface area contributed by atoms with Gasteiger partial charge in [0, 0.05) is 31.4 Å². The van der Waals surface area contributed by atoms with Crippen molar-refractivity contribution in [3.8, 4) is 0 Å². The average Bonchev–Trinajstić information content (AvgIpc) is 3.20. The Bertz CT molecular complexity index is 438. The van der Waals surface area contributed by atoms with Crippen LogP contribution in [0.4, 0.5) is 5.69 Å². The summed E-state index contributed by atoms with van der Waals surface area (Å²) in [7, 11) is 1.95. The highest BCUT2D eigenvalue weighted by atomic mass is 16.2. The largest absolute Gasteiger partial charge is 0.365 e. The molecule has 110 valence electrons. The molecule has 2 rings (SSSR count). The van der Waals surface area contributed by atoms with Crippen LogP contribution in [0, 0.1) is 0 Å². The van der Waals surface area contributed by atoms with Gasteiger partial charge in [0.05, 0.1) is 6.54 Å². The third-order valence-corrected chi connectivity index (χ3v) is 3.41. The molecule has 1 aromatic carbocycles. The van der Waals surface area contributed by atoms with Crippen LogP contribution in [0.3, 0.4) is 0 Å². The summed E-state index contributed by atoms with van der Waals surface area (Å²) < 4.78 is 0. The molecule has 1 aliphatic rings. The number of benzene rings is 1. The number of nitrogens with one attached hydrogen (secondary N) is 2. The van der Waals surface area contributed by atoms with Crippen LogP contribution in [0.2, 0.25) is 0 Å². The smallest absolute Gasteiger partial charge is 0.239 e. The van der Waals surface area contributed by atoms with Gasteiger partial charge >= 0.3 is 0 Å². The van der Waals surface area contributed by atoms with Gasteiger partial charge in [0.2, 0.25) is 5.91 Å². The summed E-state index contributed by atoms with van der Waals surface area (Å²) in [6.07, 6.45) is 2.26. The lowest BCUT2D eigenvalue weighted by molar-refractivity contribution is -0.119.